The molecule has 0 bridgehead atoms. The maximum absolute atomic E-state index is 13.5. The van der Waals surface area contributed by atoms with Crippen molar-refractivity contribution in [1.29, 1.82) is 0 Å². The zero-order chi connectivity index (χ0) is 17.1. The highest BCUT2D eigenvalue weighted by Gasteiger charge is 2.23. The summed E-state index contributed by atoms with van der Waals surface area (Å²) in [6, 6.07) is 8.79. The topological polar surface area (TPSA) is 70.2 Å². The SMILES string of the molecule is O=C(Nc1ccc(C(=O)NC2CC2)cc1)Nc1ccc(F)cc1F. The van der Waals surface area contributed by atoms with Crippen molar-refractivity contribution in [3.8, 4) is 0 Å². The molecular weight excluding hydrogens is 316 g/mol. The molecule has 2 aromatic carbocycles. The van der Waals surface area contributed by atoms with Crippen LogP contribution in [0.4, 0.5) is 25.0 Å². The number of halogens is 2. The minimum absolute atomic E-state index is 0.130. The standard InChI is InChI=1S/C17H15F2N3O2/c18-11-3-8-15(14(19)9-11)22-17(24)21-13-4-1-10(2-5-13)16(23)20-12-6-7-12/h1-5,8-9,12H,6-7H2,(H,20,23)(H2,21,22,24). The van der Waals surface area contributed by atoms with Crippen molar-refractivity contribution in [2.45, 2.75) is 18.9 Å². The Morgan fingerprint density at radius 3 is 2.29 bits per heavy atom. The molecule has 2 aromatic rings. The minimum atomic E-state index is -0.864. The van der Waals surface area contributed by atoms with Gasteiger partial charge in [-0.2, -0.15) is 0 Å². The van der Waals surface area contributed by atoms with Crippen LogP contribution in [0.5, 0.6) is 0 Å². The molecule has 7 heteroatoms. The van der Waals surface area contributed by atoms with Crippen molar-refractivity contribution in [2.75, 3.05) is 10.6 Å². The number of benzene rings is 2. The maximum atomic E-state index is 13.5. The van der Waals surface area contributed by atoms with Crippen LogP contribution in [0.1, 0.15) is 23.2 Å². The highest BCUT2D eigenvalue weighted by molar-refractivity contribution is 6.00. The number of rotatable bonds is 4. The van der Waals surface area contributed by atoms with Crippen molar-refractivity contribution in [2.24, 2.45) is 0 Å². The van der Waals surface area contributed by atoms with E-state index in [0.717, 1.165) is 25.0 Å². The zero-order valence-electron chi connectivity index (χ0n) is 12.6. The fraction of sp³-hybridized carbons (Fsp3) is 0.176. The number of amides is 3. The third kappa shape index (κ3) is 4.07. The Bertz CT molecular complexity index is 774. The summed E-state index contributed by atoms with van der Waals surface area (Å²) in [6.45, 7) is 0. The number of hydrogen-bond acceptors (Lipinski definition) is 2. The monoisotopic (exact) mass is 331 g/mol. The molecule has 1 aliphatic rings. The number of urea groups is 1. The first-order valence-corrected chi connectivity index (χ1v) is 7.45. The summed E-state index contributed by atoms with van der Waals surface area (Å²) in [4.78, 5) is 23.7. The fourth-order valence-electron chi connectivity index (χ4n) is 2.08. The molecule has 1 saturated carbocycles. The average molecular weight is 331 g/mol. The van der Waals surface area contributed by atoms with Crippen LogP contribution in [0.15, 0.2) is 42.5 Å². The molecule has 0 unspecified atom stereocenters. The van der Waals surface area contributed by atoms with Crippen molar-refractivity contribution < 1.29 is 18.4 Å². The molecule has 0 spiro atoms. The predicted molar refractivity (Wildman–Crippen MR) is 85.9 cm³/mol. The summed E-state index contributed by atoms with van der Waals surface area (Å²) in [5.74, 6) is -1.74. The summed E-state index contributed by atoms with van der Waals surface area (Å²) in [5, 5.41) is 7.66. The lowest BCUT2D eigenvalue weighted by Crippen LogP contribution is -2.25. The molecule has 0 aromatic heterocycles. The second-order valence-electron chi connectivity index (χ2n) is 5.53. The Morgan fingerprint density at radius 2 is 1.67 bits per heavy atom. The second kappa shape index (κ2) is 6.66. The van der Waals surface area contributed by atoms with Gasteiger partial charge in [0.15, 0.2) is 0 Å². The number of nitrogens with one attached hydrogen (secondary N) is 3. The average Bonchev–Trinajstić information content (AvgIpc) is 3.35. The van der Waals surface area contributed by atoms with Crippen molar-refractivity contribution in [1.82, 2.24) is 5.32 Å². The van der Waals surface area contributed by atoms with E-state index in [2.05, 4.69) is 16.0 Å². The molecule has 1 fully saturated rings. The van der Waals surface area contributed by atoms with Gasteiger partial charge >= 0.3 is 6.03 Å². The smallest absolute Gasteiger partial charge is 0.323 e. The van der Waals surface area contributed by atoms with Crippen molar-refractivity contribution >= 4 is 23.3 Å². The van der Waals surface area contributed by atoms with Crippen LogP contribution >= 0.6 is 0 Å². The first-order chi connectivity index (χ1) is 11.5. The maximum Gasteiger partial charge on any atom is 0.323 e. The summed E-state index contributed by atoms with van der Waals surface area (Å²) in [6.07, 6.45) is 2.01. The van der Waals surface area contributed by atoms with Crippen LogP contribution in [-0.4, -0.2) is 18.0 Å². The molecule has 3 rings (SSSR count). The largest absolute Gasteiger partial charge is 0.349 e. The molecule has 0 heterocycles. The number of hydrogen-bond donors (Lipinski definition) is 3. The third-order valence-electron chi connectivity index (χ3n) is 3.50. The third-order valence-corrected chi connectivity index (χ3v) is 3.50. The molecule has 3 amide bonds. The van der Waals surface area contributed by atoms with Crippen LogP contribution < -0.4 is 16.0 Å². The number of carbonyl (C=O) groups is 2. The van der Waals surface area contributed by atoms with Gasteiger partial charge in [-0.15, -0.1) is 0 Å². The Morgan fingerprint density at radius 1 is 0.958 bits per heavy atom. The number of carbonyl (C=O) groups excluding carboxylic acids is 2. The quantitative estimate of drug-likeness (QED) is 0.802. The van der Waals surface area contributed by atoms with E-state index in [9.17, 15) is 18.4 Å². The van der Waals surface area contributed by atoms with Crippen LogP contribution in [0.25, 0.3) is 0 Å². The van der Waals surface area contributed by atoms with Gasteiger partial charge in [-0.3, -0.25) is 4.79 Å². The molecule has 5 nitrogen and oxygen atoms in total. The molecule has 124 valence electrons. The van der Waals surface area contributed by atoms with E-state index < -0.39 is 17.7 Å². The van der Waals surface area contributed by atoms with Gasteiger partial charge in [0.1, 0.15) is 11.6 Å². The van der Waals surface area contributed by atoms with Crippen molar-refractivity contribution in [3.05, 3.63) is 59.7 Å². The van der Waals surface area contributed by atoms with Crippen LogP contribution in [0.2, 0.25) is 0 Å². The van der Waals surface area contributed by atoms with Gasteiger partial charge in [0.25, 0.3) is 5.91 Å². The van der Waals surface area contributed by atoms with E-state index >= 15 is 0 Å². The normalized spacial score (nSPS) is 13.2. The molecule has 0 aliphatic heterocycles. The van der Waals surface area contributed by atoms with Gasteiger partial charge in [-0.1, -0.05) is 0 Å². The van der Waals surface area contributed by atoms with Gasteiger partial charge in [-0.05, 0) is 49.2 Å². The van der Waals surface area contributed by atoms with E-state index in [1.807, 2.05) is 0 Å². The summed E-state index contributed by atoms with van der Waals surface area (Å²) in [5.41, 5.74) is 0.810. The minimum Gasteiger partial charge on any atom is -0.349 e. The van der Waals surface area contributed by atoms with Gasteiger partial charge in [-0.25, -0.2) is 13.6 Å². The molecule has 24 heavy (non-hydrogen) atoms. The highest BCUT2D eigenvalue weighted by atomic mass is 19.1. The lowest BCUT2D eigenvalue weighted by molar-refractivity contribution is 0.0951. The Balaban J connectivity index is 1.58. The fourth-order valence-corrected chi connectivity index (χ4v) is 2.08. The summed E-state index contributed by atoms with van der Waals surface area (Å²) >= 11 is 0. The lowest BCUT2D eigenvalue weighted by atomic mass is 10.2. The Labute approximate surface area is 137 Å². The first-order valence-electron chi connectivity index (χ1n) is 7.45. The van der Waals surface area contributed by atoms with E-state index in [1.165, 1.54) is 0 Å². The highest BCUT2D eigenvalue weighted by Crippen LogP contribution is 2.20. The van der Waals surface area contributed by atoms with Crippen LogP contribution in [-0.2, 0) is 0 Å². The molecule has 0 saturated heterocycles. The number of anilines is 2. The van der Waals surface area contributed by atoms with E-state index in [0.29, 0.717) is 17.3 Å². The van der Waals surface area contributed by atoms with Crippen molar-refractivity contribution in [3.63, 3.8) is 0 Å². The van der Waals surface area contributed by atoms with Gasteiger partial charge in [0.2, 0.25) is 0 Å². The Hall–Kier alpha value is -2.96. The Kier molecular flexibility index (Phi) is 4.41. The first kappa shape index (κ1) is 15.9. The van der Waals surface area contributed by atoms with E-state index in [-0.39, 0.29) is 17.6 Å². The summed E-state index contributed by atoms with van der Waals surface area (Å²) < 4.78 is 26.3. The zero-order valence-corrected chi connectivity index (χ0v) is 12.6. The lowest BCUT2D eigenvalue weighted by Gasteiger charge is -2.09. The van der Waals surface area contributed by atoms with Gasteiger partial charge in [0.05, 0.1) is 5.69 Å². The van der Waals surface area contributed by atoms with Crippen LogP contribution in [0, 0.1) is 11.6 Å². The molecule has 1 aliphatic carbocycles. The molecule has 0 atom stereocenters. The summed E-state index contributed by atoms with van der Waals surface area (Å²) in [7, 11) is 0. The molecule has 3 N–H and O–H groups in total. The van der Waals surface area contributed by atoms with E-state index in [4.69, 9.17) is 0 Å². The van der Waals surface area contributed by atoms with Gasteiger partial charge < -0.3 is 16.0 Å². The molecular formula is C17H15F2N3O2. The second-order valence-corrected chi connectivity index (χ2v) is 5.53. The van der Waals surface area contributed by atoms with Gasteiger partial charge in [0, 0.05) is 23.4 Å². The molecule has 0 radical (unpaired) electrons. The van der Waals surface area contributed by atoms with E-state index in [1.54, 1.807) is 24.3 Å². The predicted octanol–water partition coefficient (Wildman–Crippen LogP) is 3.50. The van der Waals surface area contributed by atoms with Crippen LogP contribution in [0.3, 0.4) is 0 Å².